The molecule has 8 heteroatoms. The minimum Gasteiger partial charge on any atom is -0.495 e. The molecule has 0 saturated carbocycles. The summed E-state index contributed by atoms with van der Waals surface area (Å²) in [7, 11) is 1.52. The number of benzene rings is 2. The van der Waals surface area contributed by atoms with E-state index in [0.717, 1.165) is 35.0 Å². The van der Waals surface area contributed by atoms with E-state index in [-0.39, 0.29) is 24.0 Å². The second kappa shape index (κ2) is 10.4. The standard InChI is InChI=1S/C23H22ClN3O3S/c1-3-14-6-4-5-7-19(14)26-22(29)13-31-23-17(12-25)16(11-21(28)27-23)15-8-9-20(30-2)18(24)10-15/h4-10,16H,3,11,13H2,1-2H3,(H,26,29)(H,27,28)/t16-/m1/s1. The zero-order valence-corrected chi connectivity index (χ0v) is 18.8. The summed E-state index contributed by atoms with van der Waals surface area (Å²) in [5, 5.41) is 16.2. The lowest BCUT2D eigenvalue weighted by atomic mass is 9.87. The van der Waals surface area contributed by atoms with Gasteiger partial charge in [-0.05, 0) is 35.7 Å². The zero-order valence-electron chi connectivity index (χ0n) is 17.2. The van der Waals surface area contributed by atoms with Crippen molar-refractivity contribution in [3.05, 3.63) is 69.2 Å². The summed E-state index contributed by atoms with van der Waals surface area (Å²) in [6, 6.07) is 15.0. The fourth-order valence-electron chi connectivity index (χ4n) is 3.39. The summed E-state index contributed by atoms with van der Waals surface area (Å²) in [5.41, 5.74) is 2.97. The highest BCUT2D eigenvalue weighted by molar-refractivity contribution is 8.03. The van der Waals surface area contributed by atoms with E-state index < -0.39 is 5.92 Å². The highest BCUT2D eigenvalue weighted by Gasteiger charge is 2.30. The molecule has 1 atom stereocenters. The third kappa shape index (κ3) is 5.40. The number of methoxy groups -OCH3 is 1. The molecule has 3 rings (SSSR count). The molecule has 0 aliphatic carbocycles. The van der Waals surface area contributed by atoms with Crippen LogP contribution in [0.15, 0.2) is 53.1 Å². The predicted molar refractivity (Wildman–Crippen MR) is 123 cm³/mol. The van der Waals surface area contributed by atoms with Crippen LogP contribution in [0.1, 0.15) is 30.4 Å². The minimum absolute atomic E-state index is 0.0644. The molecule has 2 aromatic carbocycles. The van der Waals surface area contributed by atoms with Gasteiger partial charge in [0, 0.05) is 18.0 Å². The number of allylic oxidation sites excluding steroid dienone is 1. The zero-order chi connectivity index (χ0) is 22.4. The Morgan fingerprint density at radius 1 is 1.35 bits per heavy atom. The second-order valence-corrected chi connectivity index (χ2v) is 8.29. The number of nitrogens with one attached hydrogen (secondary N) is 2. The van der Waals surface area contributed by atoms with Crippen molar-refractivity contribution in [2.24, 2.45) is 0 Å². The number of carbonyl (C=O) groups is 2. The molecule has 0 bridgehead atoms. The quantitative estimate of drug-likeness (QED) is 0.635. The Balaban J connectivity index is 1.78. The number of rotatable bonds is 7. The van der Waals surface area contributed by atoms with Gasteiger partial charge in [0.2, 0.25) is 11.8 Å². The maximum Gasteiger partial charge on any atom is 0.234 e. The molecule has 0 spiro atoms. The van der Waals surface area contributed by atoms with Crippen molar-refractivity contribution in [3.8, 4) is 11.8 Å². The molecular weight excluding hydrogens is 434 g/mol. The number of ether oxygens (including phenoxy) is 1. The van der Waals surface area contributed by atoms with Gasteiger partial charge in [-0.15, -0.1) is 0 Å². The van der Waals surface area contributed by atoms with Crippen LogP contribution in [0.4, 0.5) is 5.69 Å². The SMILES string of the molecule is CCc1ccccc1NC(=O)CSC1=C(C#N)[C@@H](c2ccc(OC)c(Cl)c2)CC(=O)N1. The number of thioether (sulfide) groups is 1. The highest BCUT2D eigenvalue weighted by atomic mass is 35.5. The average molecular weight is 456 g/mol. The van der Waals surface area contributed by atoms with Crippen molar-refractivity contribution in [1.29, 1.82) is 5.26 Å². The molecule has 0 saturated heterocycles. The van der Waals surface area contributed by atoms with Crippen molar-refractivity contribution in [3.63, 3.8) is 0 Å². The minimum atomic E-state index is -0.437. The molecule has 1 aliphatic heterocycles. The van der Waals surface area contributed by atoms with Gasteiger partial charge >= 0.3 is 0 Å². The lowest BCUT2D eigenvalue weighted by molar-refractivity contribution is -0.121. The van der Waals surface area contributed by atoms with Gasteiger partial charge in [0.15, 0.2) is 0 Å². The summed E-state index contributed by atoms with van der Waals surface area (Å²) in [5.74, 6) is -0.273. The van der Waals surface area contributed by atoms with Gasteiger partial charge in [0.05, 0.1) is 34.6 Å². The fraction of sp³-hybridized carbons (Fsp3) is 0.261. The van der Waals surface area contributed by atoms with E-state index in [0.29, 0.717) is 21.4 Å². The van der Waals surface area contributed by atoms with Gasteiger partial charge in [0.1, 0.15) is 5.75 Å². The van der Waals surface area contributed by atoms with Gasteiger partial charge in [0.25, 0.3) is 0 Å². The lowest BCUT2D eigenvalue weighted by Crippen LogP contribution is -2.31. The van der Waals surface area contributed by atoms with Crippen molar-refractivity contribution >= 4 is 40.9 Å². The lowest BCUT2D eigenvalue weighted by Gasteiger charge is -2.25. The van der Waals surface area contributed by atoms with E-state index in [1.165, 1.54) is 7.11 Å². The van der Waals surface area contributed by atoms with E-state index in [2.05, 4.69) is 16.7 Å². The Morgan fingerprint density at radius 3 is 2.81 bits per heavy atom. The number of hydrogen-bond donors (Lipinski definition) is 2. The van der Waals surface area contributed by atoms with Crippen LogP contribution in [0.2, 0.25) is 5.02 Å². The Labute approximate surface area is 190 Å². The molecule has 2 aromatic rings. The highest BCUT2D eigenvalue weighted by Crippen LogP contribution is 2.38. The first-order valence-electron chi connectivity index (χ1n) is 9.74. The van der Waals surface area contributed by atoms with Crippen molar-refractivity contribution in [2.75, 3.05) is 18.2 Å². The molecule has 1 heterocycles. The number of carbonyl (C=O) groups excluding carboxylic acids is 2. The summed E-state index contributed by atoms with van der Waals surface area (Å²) in [4.78, 5) is 24.8. The van der Waals surface area contributed by atoms with Crippen LogP contribution in [0.5, 0.6) is 5.75 Å². The normalized spacial score (nSPS) is 15.8. The van der Waals surface area contributed by atoms with E-state index in [4.69, 9.17) is 16.3 Å². The second-order valence-electron chi connectivity index (χ2n) is 6.90. The first-order valence-corrected chi connectivity index (χ1v) is 11.1. The predicted octanol–water partition coefficient (Wildman–Crippen LogP) is 4.62. The van der Waals surface area contributed by atoms with Gasteiger partial charge in [-0.3, -0.25) is 9.59 Å². The average Bonchev–Trinajstić information content (AvgIpc) is 2.77. The van der Waals surface area contributed by atoms with E-state index in [1.54, 1.807) is 18.2 Å². The molecule has 160 valence electrons. The Kier molecular flexibility index (Phi) is 7.61. The maximum atomic E-state index is 12.5. The smallest absolute Gasteiger partial charge is 0.234 e. The summed E-state index contributed by atoms with van der Waals surface area (Å²) < 4.78 is 5.18. The number of anilines is 1. The largest absolute Gasteiger partial charge is 0.495 e. The van der Waals surface area contributed by atoms with Crippen LogP contribution in [0, 0.1) is 11.3 Å². The van der Waals surface area contributed by atoms with Crippen LogP contribution < -0.4 is 15.4 Å². The molecule has 0 fully saturated rings. The molecule has 31 heavy (non-hydrogen) atoms. The Morgan fingerprint density at radius 2 is 2.13 bits per heavy atom. The number of amides is 2. The number of hydrogen-bond acceptors (Lipinski definition) is 5. The monoisotopic (exact) mass is 455 g/mol. The summed E-state index contributed by atoms with van der Waals surface area (Å²) in [6.07, 6.45) is 0.932. The summed E-state index contributed by atoms with van der Waals surface area (Å²) >= 11 is 7.37. The van der Waals surface area contributed by atoms with Crippen molar-refractivity contribution < 1.29 is 14.3 Å². The Bertz CT molecular complexity index is 1080. The Hall–Kier alpha value is -2.95. The van der Waals surface area contributed by atoms with Crippen LogP contribution >= 0.6 is 23.4 Å². The van der Waals surface area contributed by atoms with E-state index in [1.807, 2.05) is 31.2 Å². The molecule has 2 amide bonds. The van der Waals surface area contributed by atoms with Gasteiger partial charge < -0.3 is 15.4 Å². The summed E-state index contributed by atoms with van der Waals surface area (Å²) in [6.45, 7) is 2.02. The third-order valence-electron chi connectivity index (χ3n) is 4.95. The van der Waals surface area contributed by atoms with Crippen LogP contribution in [-0.2, 0) is 16.0 Å². The first kappa shape index (κ1) is 22.7. The van der Waals surface area contributed by atoms with Crippen LogP contribution in [0.3, 0.4) is 0 Å². The van der Waals surface area contributed by atoms with E-state index >= 15 is 0 Å². The molecule has 1 aliphatic rings. The molecule has 6 nitrogen and oxygen atoms in total. The number of aryl methyl sites for hydroxylation is 1. The topological polar surface area (TPSA) is 91.2 Å². The maximum absolute atomic E-state index is 12.5. The number of halogens is 1. The first-order chi connectivity index (χ1) is 15.0. The molecule has 0 unspecified atom stereocenters. The third-order valence-corrected chi connectivity index (χ3v) is 6.27. The molecule has 0 aromatic heterocycles. The fourth-order valence-corrected chi connectivity index (χ4v) is 4.53. The molecule has 2 N–H and O–H groups in total. The number of nitriles is 1. The van der Waals surface area contributed by atoms with Gasteiger partial charge in [-0.1, -0.05) is 54.6 Å². The van der Waals surface area contributed by atoms with Crippen molar-refractivity contribution in [2.45, 2.75) is 25.7 Å². The van der Waals surface area contributed by atoms with Crippen LogP contribution in [-0.4, -0.2) is 24.7 Å². The van der Waals surface area contributed by atoms with Crippen LogP contribution in [0.25, 0.3) is 0 Å². The number of nitrogens with zero attached hydrogens (tertiary/aromatic N) is 1. The van der Waals surface area contributed by atoms with Crippen molar-refractivity contribution in [1.82, 2.24) is 5.32 Å². The van der Waals surface area contributed by atoms with Gasteiger partial charge in [-0.2, -0.15) is 5.26 Å². The molecule has 0 radical (unpaired) electrons. The van der Waals surface area contributed by atoms with Gasteiger partial charge in [-0.25, -0.2) is 0 Å². The number of para-hydroxylation sites is 1. The van der Waals surface area contributed by atoms with E-state index in [9.17, 15) is 14.9 Å². The molecular formula is C23H22ClN3O3S.